The van der Waals surface area contributed by atoms with Crippen molar-refractivity contribution in [2.45, 2.75) is 46.2 Å². The van der Waals surface area contributed by atoms with Crippen molar-refractivity contribution in [1.82, 2.24) is 9.88 Å². The van der Waals surface area contributed by atoms with Crippen LogP contribution >= 0.6 is 22.9 Å². The summed E-state index contributed by atoms with van der Waals surface area (Å²) in [5.41, 5.74) is -0.285. The number of aromatic nitrogens is 1. The van der Waals surface area contributed by atoms with Crippen LogP contribution < -0.4 is 0 Å². The smallest absolute Gasteiger partial charge is 0.357 e. The molecule has 1 heterocycles. The van der Waals surface area contributed by atoms with Gasteiger partial charge in [-0.25, -0.2) is 9.78 Å². The van der Waals surface area contributed by atoms with Crippen LogP contribution in [0.15, 0.2) is 5.38 Å². The van der Waals surface area contributed by atoms with Crippen LogP contribution in [0.2, 0.25) is 0 Å². The molecule has 0 radical (unpaired) electrons. The number of amides is 1. The first-order chi connectivity index (χ1) is 10.4. The van der Waals surface area contributed by atoms with E-state index in [0.717, 1.165) is 17.8 Å². The molecule has 122 valence electrons. The van der Waals surface area contributed by atoms with Crippen LogP contribution in [-0.2, 0) is 16.1 Å². The van der Waals surface area contributed by atoms with E-state index < -0.39 is 11.4 Å². The lowest BCUT2D eigenvalue weighted by atomic mass is 9.94. The van der Waals surface area contributed by atoms with Crippen LogP contribution in [-0.4, -0.2) is 40.3 Å². The molecular formula is C15H21ClN2O3S. The van der Waals surface area contributed by atoms with Crippen molar-refractivity contribution in [2.75, 3.05) is 12.5 Å². The summed E-state index contributed by atoms with van der Waals surface area (Å²) in [6, 6.07) is 0.268. The number of rotatable bonds is 7. The Morgan fingerprint density at radius 3 is 2.73 bits per heavy atom. The van der Waals surface area contributed by atoms with E-state index in [1.54, 1.807) is 12.3 Å². The van der Waals surface area contributed by atoms with Crippen LogP contribution in [0.1, 0.15) is 49.1 Å². The van der Waals surface area contributed by atoms with E-state index in [-0.39, 0.29) is 17.8 Å². The molecule has 0 aliphatic heterocycles. The second-order valence-corrected chi connectivity index (χ2v) is 7.24. The maximum Gasteiger partial charge on any atom is 0.357 e. The van der Waals surface area contributed by atoms with E-state index in [4.69, 9.17) is 16.3 Å². The fourth-order valence-corrected chi connectivity index (χ4v) is 2.90. The lowest BCUT2D eigenvalue weighted by Crippen LogP contribution is -2.42. The molecule has 0 aromatic carbocycles. The SMILES string of the molecule is CCOC(=O)c1csc(CN(C(=O)C(C)(C)CCl)C2CC2)n1. The second-order valence-electron chi connectivity index (χ2n) is 6.03. The number of hydrogen-bond donors (Lipinski definition) is 0. The highest BCUT2D eigenvalue weighted by Gasteiger charge is 2.39. The highest BCUT2D eigenvalue weighted by Crippen LogP contribution is 2.33. The number of halogens is 1. The van der Waals surface area contributed by atoms with E-state index in [9.17, 15) is 9.59 Å². The number of nitrogens with zero attached hydrogens (tertiary/aromatic N) is 2. The minimum Gasteiger partial charge on any atom is -0.461 e. The Labute approximate surface area is 139 Å². The van der Waals surface area contributed by atoms with Gasteiger partial charge in [-0.15, -0.1) is 22.9 Å². The summed E-state index contributed by atoms with van der Waals surface area (Å²) < 4.78 is 4.93. The molecule has 0 bridgehead atoms. The van der Waals surface area contributed by atoms with Gasteiger partial charge in [-0.05, 0) is 33.6 Å². The highest BCUT2D eigenvalue weighted by atomic mass is 35.5. The van der Waals surface area contributed by atoms with Gasteiger partial charge in [0.25, 0.3) is 0 Å². The topological polar surface area (TPSA) is 59.5 Å². The Hall–Kier alpha value is -1.14. The summed E-state index contributed by atoms with van der Waals surface area (Å²) in [6.45, 7) is 6.20. The minimum absolute atomic E-state index is 0.0397. The molecule has 7 heteroatoms. The van der Waals surface area contributed by atoms with Crippen molar-refractivity contribution >= 4 is 34.8 Å². The quantitative estimate of drug-likeness (QED) is 0.563. The maximum absolute atomic E-state index is 12.7. The van der Waals surface area contributed by atoms with Crippen molar-refractivity contribution in [2.24, 2.45) is 5.41 Å². The first kappa shape index (κ1) is 17.2. The van der Waals surface area contributed by atoms with Crippen molar-refractivity contribution in [1.29, 1.82) is 0 Å². The zero-order chi connectivity index (χ0) is 16.3. The molecule has 1 aliphatic carbocycles. The molecule has 0 spiro atoms. The summed E-state index contributed by atoms with van der Waals surface area (Å²) in [5, 5.41) is 2.42. The van der Waals surface area contributed by atoms with Crippen LogP contribution in [0.3, 0.4) is 0 Å². The van der Waals surface area contributed by atoms with Gasteiger partial charge in [0.15, 0.2) is 5.69 Å². The third kappa shape index (κ3) is 3.98. The van der Waals surface area contributed by atoms with Crippen LogP contribution in [0.25, 0.3) is 0 Å². The Morgan fingerprint density at radius 2 is 2.18 bits per heavy atom. The van der Waals surface area contributed by atoms with Crippen molar-refractivity contribution in [3.05, 3.63) is 16.1 Å². The molecule has 1 aromatic rings. The molecule has 2 rings (SSSR count). The molecule has 0 N–H and O–H groups in total. The standard InChI is InChI=1S/C15H21ClN2O3S/c1-4-21-13(19)11-8-22-12(17-11)7-18(10-5-6-10)14(20)15(2,3)9-16/h8,10H,4-7,9H2,1-3H3. The van der Waals surface area contributed by atoms with Crippen molar-refractivity contribution in [3.63, 3.8) is 0 Å². The molecule has 5 nitrogen and oxygen atoms in total. The first-order valence-electron chi connectivity index (χ1n) is 7.37. The molecule has 0 saturated heterocycles. The molecular weight excluding hydrogens is 324 g/mol. The van der Waals surface area contributed by atoms with Gasteiger partial charge in [0.2, 0.25) is 5.91 Å². The molecule has 1 aliphatic rings. The molecule has 22 heavy (non-hydrogen) atoms. The van der Waals surface area contributed by atoms with Gasteiger partial charge in [0.05, 0.1) is 18.6 Å². The minimum atomic E-state index is -0.592. The van der Waals surface area contributed by atoms with Gasteiger partial charge in [-0.3, -0.25) is 4.79 Å². The summed E-state index contributed by atoms with van der Waals surface area (Å²) in [4.78, 5) is 30.4. The summed E-state index contributed by atoms with van der Waals surface area (Å²) in [5.74, 6) is -0.102. The van der Waals surface area contributed by atoms with Gasteiger partial charge in [0, 0.05) is 17.3 Å². The Balaban J connectivity index is 2.09. The average Bonchev–Trinajstić information content (AvgIpc) is 3.22. The number of thiazole rings is 1. The van der Waals surface area contributed by atoms with Gasteiger partial charge in [0.1, 0.15) is 5.01 Å². The van der Waals surface area contributed by atoms with Crippen molar-refractivity contribution < 1.29 is 14.3 Å². The number of carbonyl (C=O) groups is 2. The van der Waals surface area contributed by atoms with Crippen molar-refractivity contribution in [3.8, 4) is 0 Å². The average molecular weight is 345 g/mol. The van der Waals surface area contributed by atoms with E-state index in [1.807, 2.05) is 18.7 Å². The molecule has 1 fully saturated rings. The first-order valence-corrected chi connectivity index (χ1v) is 8.79. The Morgan fingerprint density at radius 1 is 1.50 bits per heavy atom. The lowest BCUT2D eigenvalue weighted by Gasteiger charge is -2.30. The number of hydrogen-bond acceptors (Lipinski definition) is 5. The van der Waals surface area contributed by atoms with E-state index in [1.165, 1.54) is 11.3 Å². The van der Waals surface area contributed by atoms with E-state index >= 15 is 0 Å². The number of alkyl halides is 1. The summed E-state index contributed by atoms with van der Waals surface area (Å²) in [7, 11) is 0. The summed E-state index contributed by atoms with van der Waals surface area (Å²) in [6.07, 6.45) is 2.03. The normalized spacial score (nSPS) is 14.7. The predicted molar refractivity (Wildman–Crippen MR) is 86.1 cm³/mol. The number of carbonyl (C=O) groups excluding carboxylic acids is 2. The fourth-order valence-electron chi connectivity index (χ4n) is 2.03. The van der Waals surface area contributed by atoms with Gasteiger partial charge in [-0.1, -0.05) is 0 Å². The zero-order valence-electron chi connectivity index (χ0n) is 13.1. The molecule has 1 saturated carbocycles. The van der Waals surface area contributed by atoms with Gasteiger partial charge >= 0.3 is 5.97 Å². The van der Waals surface area contributed by atoms with Gasteiger partial charge in [-0.2, -0.15) is 0 Å². The third-order valence-electron chi connectivity index (χ3n) is 3.50. The van der Waals surface area contributed by atoms with Crippen LogP contribution in [0, 0.1) is 5.41 Å². The molecule has 0 unspecified atom stereocenters. The Kier molecular flexibility index (Phi) is 5.45. The van der Waals surface area contributed by atoms with E-state index in [0.29, 0.717) is 18.8 Å². The van der Waals surface area contributed by atoms with Gasteiger partial charge < -0.3 is 9.64 Å². The third-order valence-corrected chi connectivity index (χ3v) is 5.01. The highest BCUT2D eigenvalue weighted by molar-refractivity contribution is 7.09. The monoisotopic (exact) mass is 344 g/mol. The van der Waals surface area contributed by atoms with Crippen LogP contribution in [0.4, 0.5) is 0 Å². The predicted octanol–water partition coefficient (Wildman–Crippen LogP) is 3.08. The maximum atomic E-state index is 12.7. The van der Waals surface area contributed by atoms with E-state index in [2.05, 4.69) is 4.98 Å². The number of esters is 1. The zero-order valence-corrected chi connectivity index (χ0v) is 14.7. The lowest BCUT2D eigenvalue weighted by molar-refractivity contribution is -0.140. The molecule has 1 amide bonds. The Bertz CT molecular complexity index is 555. The van der Waals surface area contributed by atoms with Crippen LogP contribution in [0.5, 0.6) is 0 Å². The number of ether oxygens (including phenoxy) is 1. The fraction of sp³-hybridized carbons (Fsp3) is 0.667. The molecule has 1 aromatic heterocycles. The summed E-state index contributed by atoms with van der Waals surface area (Å²) >= 11 is 7.29. The molecule has 0 atom stereocenters. The second kappa shape index (κ2) is 6.96. The largest absolute Gasteiger partial charge is 0.461 e.